The number of halogens is 1. The zero-order valence-corrected chi connectivity index (χ0v) is 11.1. The molecular weight excluding hydrogens is 287 g/mol. The molecule has 0 aromatic carbocycles. The minimum atomic E-state index is -1.71. The van der Waals surface area contributed by atoms with Gasteiger partial charge in [-0.25, -0.2) is 4.39 Å². The summed E-state index contributed by atoms with van der Waals surface area (Å²) in [5, 5.41) is 54.8. The summed E-state index contributed by atoms with van der Waals surface area (Å²) < 4.78 is 13.4. The first-order valence-electron chi connectivity index (χ1n) is 6.29. The summed E-state index contributed by atoms with van der Waals surface area (Å²) in [6.45, 7) is -1.44. The van der Waals surface area contributed by atoms with Crippen molar-refractivity contribution in [3.8, 4) is 0 Å². The van der Waals surface area contributed by atoms with Crippen LogP contribution in [0.25, 0.3) is 0 Å². The minimum Gasteiger partial charge on any atom is -0.394 e. The molecule has 0 aliphatic rings. The van der Waals surface area contributed by atoms with E-state index in [4.69, 9.17) is 15.3 Å². The molecule has 1 heterocycles. The van der Waals surface area contributed by atoms with Gasteiger partial charge in [0.05, 0.1) is 30.8 Å². The predicted molar refractivity (Wildman–Crippen MR) is 67.8 cm³/mol. The van der Waals surface area contributed by atoms with Gasteiger partial charge >= 0.3 is 0 Å². The summed E-state index contributed by atoms with van der Waals surface area (Å²) in [5.74, 6) is 0. The van der Waals surface area contributed by atoms with E-state index in [2.05, 4.69) is 9.97 Å². The first kappa shape index (κ1) is 17.8. The standard InChI is InChI=1S/C12H19FN2O6/c13-7(9(18)4-16)1-6-2-15-8(3-14-6)11(20)12(21)10(19)5-17/h2-3,7,9-12,16-21H,1,4-5H2/t7-,9-,10-,11-,12-/m1/s1. The van der Waals surface area contributed by atoms with Crippen LogP contribution in [0.5, 0.6) is 0 Å². The van der Waals surface area contributed by atoms with Crippen molar-refractivity contribution in [3.63, 3.8) is 0 Å². The van der Waals surface area contributed by atoms with Crippen molar-refractivity contribution in [3.05, 3.63) is 23.8 Å². The van der Waals surface area contributed by atoms with Gasteiger partial charge in [-0.2, -0.15) is 0 Å². The lowest BCUT2D eigenvalue weighted by Gasteiger charge is -2.21. The molecule has 120 valence electrons. The summed E-state index contributed by atoms with van der Waals surface area (Å²) in [4.78, 5) is 7.59. The van der Waals surface area contributed by atoms with Crippen LogP contribution >= 0.6 is 0 Å². The summed E-state index contributed by atoms with van der Waals surface area (Å²) in [7, 11) is 0. The van der Waals surface area contributed by atoms with E-state index >= 15 is 0 Å². The van der Waals surface area contributed by atoms with Gasteiger partial charge in [-0.3, -0.25) is 9.97 Å². The third-order valence-corrected chi connectivity index (χ3v) is 2.94. The Bertz CT molecular complexity index is 421. The van der Waals surface area contributed by atoms with Crippen molar-refractivity contribution in [2.75, 3.05) is 13.2 Å². The molecular formula is C12H19FN2O6. The maximum Gasteiger partial charge on any atom is 0.134 e. The third-order valence-electron chi connectivity index (χ3n) is 2.94. The molecule has 0 amide bonds. The van der Waals surface area contributed by atoms with E-state index in [0.717, 1.165) is 12.4 Å². The first-order valence-corrected chi connectivity index (χ1v) is 6.29. The Kier molecular flexibility index (Phi) is 7.02. The van der Waals surface area contributed by atoms with Crippen molar-refractivity contribution in [1.82, 2.24) is 9.97 Å². The molecule has 0 radical (unpaired) electrons. The molecule has 0 bridgehead atoms. The number of aliphatic hydroxyl groups is 6. The highest BCUT2D eigenvalue weighted by Crippen LogP contribution is 2.17. The predicted octanol–water partition coefficient (Wildman–Crippen LogP) is -2.54. The molecule has 9 heteroatoms. The molecule has 5 atom stereocenters. The molecule has 0 saturated carbocycles. The van der Waals surface area contributed by atoms with Crippen molar-refractivity contribution in [1.29, 1.82) is 0 Å². The molecule has 0 fully saturated rings. The summed E-state index contributed by atoms with van der Waals surface area (Å²) in [6.07, 6.45) is -5.99. The fourth-order valence-electron chi connectivity index (χ4n) is 1.57. The Morgan fingerprint density at radius 1 is 0.952 bits per heavy atom. The van der Waals surface area contributed by atoms with E-state index in [1.54, 1.807) is 0 Å². The van der Waals surface area contributed by atoms with Gasteiger partial charge in [0, 0.05) is 12.6 Å². The van der Waals surface area contributed by atoms with Gasteiger partial charge in [0.1, 0.15) is 30.6 Å². The molecule has 0 saturated heterocycles. The maximum absolute atomic E-state index is 13.4. The number of aliphatic hydroxyl groups excluding tert-OH is 6. The molecule has 1 aromatic rings. The van der Waals surface area contributed by atoms with Crippen LogP contribution in [0.4, 0.5) is 4.39 Å². The fourth-order valence-corrected chi connectivity index (χ4v) is 1.57. The second kappa shape index (κ2) is 8.27. The van der Waals surface area contributed by atoms with Gasteiger partial charge in [0.2, 0.25) is 0 Å². The third kappa shape index (κ3) is 4.92. The topological polar surface area (TPSA) is 147 Å². The SMILES string of the molecule is OC[C@@H](O)[C@@H](O)[C@H](O)c1cnc(C[C@@H](F)[C@H](O)CO)cn1. The number of hydrogen-bond donors (Lipinski definition) is 6. The van der Waals surface area contributed by atoms with Crippen molar-refractivity contribution >= 4 is 0 Å². The van der Waals surface area contributed by atoms with Crippen LogP contribution in [0.3, 0.4) is 0 Å². The Morgan fingerprint density at radius 2 is 1.57 bits per heavy atom. The van der Waals surface area contributed by atoms with Gasteiger partial charge in [-0.15, -0.1) is 0 Å². The summed E-state index contributed by atoms with van der Waals surface area (Å²) >= 11 is 0. The summed E-state index contributed by atoms with van der Waals surface area (Å²) in [5.41, 5.74) is 0.125. The van der Waals surface area contributed by atoms with E-state index in [9.17, 15) is 19.7 Å². The van der Waals surface area contributed by atoms with Crippen LogP contribution in [-0.2, 0) is 6.42 Å². The molecule has 6 N–H and O–H groups in total. The zero-order valence-electron chi connectivity index (χ0n) is 11.1. The van der Waals surface area contributed by atoms with Crippen molar-refractivity contribution in [2.24, 2.45) is 0 Å². The highest BCUT2D eigenvalue weighted by atomic mass is 19.1. The number of aromatic nitrogens is 2. The van der Waals surface area contributed by atoms with Crippen LogP contribution in [0.2, 0.25) is 0 Å². The highest BCUT2D eigenvalue weighted by Gasteiger charge is 2.27. The number of nitrogens with zero attached hydrogens (tertiary/aromatic N) is 2. The van der Waals surface area contributed by atoms with E-state index < -0.39 is 43.8 Å². The number of alkyl halides is 1. The lowest BCUT2D eigenvalue weighted by atomic mass is 10.1. The first-order chi connectivity index (χ1) is 9.90. The Balaban J connectivity index is 2.69. The highest BCUT2D eigenvalue weighted by molar-refractivity contribution is 5.08. The second-order valence-electron chi connectivity index (χ2n) is 4.59. The normalized spacial score (nSPS) is 18.8. The monoisotopic (exact) mass is 306 g/mol. The van der Waals surface area contributed by atoms with E-state index in [-0.39, 0.29) is 17.8 Å². The molecule has 1 rings (SSSR count). The largest absolute Gasteiger partial charge is 0.394 e. The number of hydrogen-bond acceptors (Lipinski definition) is 8. The Hall–Kier alpha value is -1.23. The molecule has 0 aliphatic heterocycles. The van der Waals surface area contributed by atoms with Crippen molar-refractivity contribution < 1.29 is 35.0 Å². The van der Waals surface area contributed by atoms with Gasteiger partial charge < -0.3 is 30.6 Å². The van der Waals surface area contributed by atoms with Crippen LogP contribution in [0.1, 0.15) is 17.5 Å². The van der Waals surface area contributed by atoms with Crippen molar-refractivity contribution in [2.45, 2.75) is 37.0 Å². The smallest absolute Gasteiger partial charge is 0.134 e. The average Bonchev–Trinajstić information content (AvgIpc) is 2.52. The number of rotatable bonds is 8. The molecule has 8 nitrogen and oxygen atoms in total. The average molecular weight is 306 g/mol. The Morgan fingerprint density at radius 3 is 2.05 bits per heavy atom. The molecule has 0 spiro atoms. The fraction of sp³-hybridized carbons (Fsp3) is 0.667. The van der Waals surface area contributed by atoms with Gasteiger partial charge in [-0.05, 0) is 0 Å². The van der Waals surface area contributed by atoms with Crippen LogP contribution < -0.4 is 0 Å². The maximum atomic E-state index is 13.4. The van der Waals surface area contributed by atoms with Crippen LogP contribution in [0, 0.1) is 0 Å². The Labute approximate surface area is 120 Å². The minimum absolute atomic E-state index is 0.0585. The molecule has 21 heavy (non-hydrogen) atoms. The van der Waals surface area contributed by atoms with Gasteiger partial charge in [0.15, 0.2) is 0 Å². The van der Waals surface area contributed by atoms with Gasteiger partial charge in [0.25, 0.3) is 0 Å². The quantitative estimate of drug-likeness (QED) is 0.308. The molecule has 1 aromatic heterocycles. The lowest BCUT2D eigenvalue weighted by Crippen LogP contribution is -2.35. The van der Waals surface area contributed by atoms with Gasteiger partial charge in [-0.1, -0.05) is 0 Å². The van der Waals surface area contributed by atoms with Crippen LogP contribution in [-0.4, -0.2) is 78.3 Å². The lowest BCUT2D eigenvalue weighted by molar-refractivity contribution is -0.0790. The molecule has 0 unspecified atom stereocenters. The van der Waals surface area contributed by atoms with Crippen LogP contribution in [0.15, 0.2) is 12.4 Å². The summed E-state index contributed by atoms with van der Waals surface area (Å²) in [6, 6.07) is 0. The zero-order chi connectivity index (χ0) is 16.0. The second-order valence-corrected chi connectivity index (χ2v) is 4.59. The molecule has 0 aliphatic carbocycles. The van der Waals surface area contributed by atoms with E-state index in [1.165, 1.54) is 0 Å². The van der Waals surface area contributed by atoms with E-state index in [1.807, 2.05) is 0 Å². The van der Waals surface area contributed by atoms with E-state index in [0.29, 0.717) is 0 Å².